The summed E-state index contributed by atoms with van der Waals surface area (Å²) in [5.74, 6) is -1.67. The Morgan fingerprint density at radius 1 is 0.690 bits per heavy atom. The quantitative estimate of drug-likeness (QED) is 0.670. The maximum absolute atomic E-state index is 6.71. The molecule has 0 unspecified atom stereocenters. The van der Waals surface area contributed by atoms with Crippen molar-refractivity contribution < 1.29 is 18.9 Å². The minimum absolute atomic E-state index is 0.354. The summed E-state index contributed by atoms with van der Waals surface area (Å²) in [7, 11) is 0. The van der Waals surface area contributed by atoms with Crippen LogP contribution in [0.2, 0.25) is 0 Å². The molecule has 2 saturated heterocycles. The molecule has 156 valence electrons. The van der Waals surface area contributed by atoms with Crippen molar-refractivity contribution in [2.24, 2.45) is 10.8 Å². The molecule has 0 spiro atoms. The highest BCUT2D eigenvalue weighted by Gasteiger charge is 2.68. The molecule has 4 nitrogen and oxygen atoms in total. The van der Waals surface area contributed by atoms with Crippen molar-refractivity contribution in [1.29, 1.82) is 0 Å². The summed E-state index contributed by atoms with van der Waals surface area (Å²) in [6.07, 6.45) is 0.865. The second-order valence-corrected chi connectivity index (χ2v) is 8.71. The van der Waals surface area contributed by atoms with E-state index in [0.717, 1.165) is 17.5 Å². The summed E-state index contributed by atoms with van der Waals surface area (Å²) in [5.41, 5.74) is 1.37. The van der Waals surface area contributed by atoms with E-state index in [4.69, 9.17) is 18.9 Å². The highest BCUT2D eigenvalue weighted by Crippen LogP contribution is 2.64. The van der Waals surface area contributed by atoms with Crippen LogP contribution in [0.15, 0.2) is 60.7 Å². The molecule has 2 aliphatic rings. The van der Waals surface area contributed by atoms with Crippen molar-refractivity contribution in [3.05, 3.63) is 71.8 Å². The van der Waals surface area contributed by atoms with Gasteiger partial charge in [0.1, 0.15) is 0 Å². The number of fused-ring (bicyclic) bond motifs is 2. The summed E-state index contributed by atoms with van der Waals surface area (Å²) in [6.45, 7) is 10.6. The molecule has 0 N–H and O–H groups in total. The highest BCUT2D eigenvalue weighted by molar-refractivity contribution is 5.29. The van der Waals surface area contributed by atoms with Crippen LogP contribution in [0, 0.1) is 10.8 Å². The first kappa shape index (κ1) is 20.5. The number of rotatable bonds is 6. The third-order valence-corrected chi connectivity index (χ3v) is 6.56. The number of ether oxygens (including phenoxy) is 4. The van der Waals surface area contributed by atoms with E-state index in [1.54, 1.807) is 0 Å². The predicted molar refractivity (Wildman–Crippen MR) is 112 cm³/mol. The Labute approximate surface area is 174 Å². The Kier molecular flexibility index (Phi) is 5.32. The van der Waals surface area contributed by atoms with Crippen LogP contribution in [0.4, 0.5) is 0 Å². The second-order valence-electron chi connectivity index (χ2n) is 8.71. The molecule has 2 aliphatic heterocycles. The third kappa shape index (κ3) is 2.97. The molecule has 2 heterocycles. The van der Waals surface area contributed by atoms with Gasteiger partial charge in [0.2, 0.25) is 11.6 Å². The standard InChI is InChI=1S/C25H32O4/c1-5-26-24(20-13-9-7-10-14-20)22(3)17-23(4,19-28-24)25(27-6-2,29-18-22)21-15-11-8-12-16-21/h7-16H,5-6,17-19H2,1-4H3/t22-,23-,24+,25+/m1/s1. The highest BCUT2D eigenvalue weighted by atomic mass is 16.7. The van der Waals surface area contributed by atoms with E-state index in [1.165, 1.54) is 0 Å². The summed E-state index contributed by atoms with van der Waals surface area (Å²) in [6, 6.07) is 20.5. The summed E-state index contributed by atoms with van der Waals surface area (Å²) in [5, 5.41) is 0. The molecule has 0 aromatic heterocycles. The molecular weight excluding hydrogens is 364 g/mol. The van der Waals surface area contributed by atoms with Crippen LogP contribution in [-0.2, 0) is 30.5 Å². The maximum Gasteiger partial charge on any atom is 0.202 e. The van der Waals surface area contributed by atoms with E-state index >= 15 is 0 Å². The zero-order valence-corrected chi connectivity index (χ0v) is 17.9. The molecule has 0 radical (unpaired) electrons. The van der Waals surface area contributed by atoms with Crippen LogP contribution in [0.25, 0.3) is 0 Å². The van der Waals surface area contributed by atoms with Crippen LogP contribution in [0.1, 0.15) is 45.2 Å². The Bertz CT molecular complexity index is 756. The summed E-state index contributed by atoms with van der Waals surface area (Å²) in [4.78, 5) is 0. The van der Waals surface area contributed by atoms with E-state index in [0.29, 0.717) is 26.4 Å². The minimum atomic E-state index is -0.836. The first-order chi connectivity index (χ1) is 14.0. The molecule has 29 heavy (non-hydrogen) atoms. The summed E-state index contributed by atoms with van der Waals surface area (Å²) >= 11 is 0. The van der Waals surface area contributed by atoms with Gasteiger partial charge in [-0.2, -0.15) is 0 Å². The van der Waals surface area contributed by atoms with E-state index in [-0.39, 0.29) is 10.8 Å². The molecule has 4 rings (SSSR count). The van der Waals surface area contributed by atoms with Gasteiger partial charge >= 0.3 is 0 Å². The second kappa shape index (κ2) is 7.51. The molecule has 2 bridgehead atoms. The minimum Gasteiger partial charge on any atom is -0.346 e. The maximum atomic E-state index is 6.71. The molecule has 0 amide bonds. The molecule has 4 heteroatoms. The van der Waals surface area contributed by atoms with Crippen LogP contribution in [-0.4, -0.2) is 26.4 Å². The van der Waals surface area contributed by atoms with E-state index in [9.17, 15) is 0 Å². The lowest BCUT2D eigenvalue weighted by Crippen LogP contribution is -2.68. The lowest BCUT2D eigenvalue weighted by atomic mass is 9.59. The number of hydrogen-bond acceptors (Lipinski definition) is 4. The van der Waals surface area contributed by atoms with Crippen molar-refractivity contribution in [3.63, 3.8) is 0 Å². The Morgan fingerprint density at radius 2 is 1.07 bits per heavy atom. The van der Waals surface area contributed by atoms with Gasteiger partial charge in [-0.15, -0.1) is 0 Å². The van der Waals surface area contributed by atoms with Gasteiger partial charge in [0.05, 0.1) is 24.0 Å². The lowest BCUT2D eigenvalue weighted by molar-refractivity contribution is -0.444. The Hall–Kier alpha value is -1.72. The van der Waals surface area contributed by atoms with Gasteiger partial charge in [-0.3, -0.25) is 0 Å². The summed E-state index contributed by atoms with van der Waals surface area (Å²) < 4.78 is 26.2. The Morgan fingerprint density at radius 3 is 1.41 bits per heavy atom. The van der Waals surface area contributed by atoms with Gasteiger partial charge in [-0.25, -0.2) is 0 Å². The Balaban J connectivity index is 1.80. The smallest absolute Gasteiger partial charge is 0.202 e. The topological polar surface area (TPSA) is 36.9 Å². The largest absolute Gasteiger partial charge is 0.346 e. The molecule has 2 aromatic rings. The molecular formula is C25H32O4. The first-order valence-electron chi connectivity index (χ1n) is 10.6. The van der Waals surface area contributed by atoms with Crippen LogP contribution >= 0.6 is 0 Å². The van der Waals surface area contributed by atoms with Crippen molar-refractivity contribution in [2.45, 2.75) is 45.7 Å². The SMILES string of the molecule is CCO[C@@]1(c2ccccc2)OC[C@@]2(C)C[C@]1(C)CO[C@@]2(OCC)c1ccccc1. The zero-order chi connectivity index (χ0) is 20.6. The fraction of sp³-hybridized carbons (Fsp3) is 0.520. The number of benzene rings is 2. The monoisotopic (exact) mass is 396 g/mol. The third-order valence-electron chi connectivity index (χ3n) is 6.56. The van der Waals surface area contributed by atoms with E-state index < -0.39 is 11.6 Å². The fourth-order valence-corrected chi connectivity index (χ4v) is 5.44. The molecule has 4 atom stereocenters. The van der Waals surface area contributed by atoms with Crippen molar-refractivity contribution in [2.75, 3.05) is 26.4 Å². The van der Waals surface area contributed by atoms with Gasteiger partial charge in [-0.05, 0) is 20.3 Å². The molecule has 2 aromatic carbocycles. The van der Waals surface area contributed by atoms with Crippen molar-refractivity contribution >= 4 is 0 Å². The predicted octanol–water partition coefficient (Wildman–Crippen LogP) is 5.23. The average molecular weight is 397 g/mol. The van der Waals surface area contributed by atoms with Crippen LogP contribution < -0.4 is 0 Å². The molecule has 0 saturated carbocycles. The van der Waals surface area contributed by atoms with Gasteiger partial charge < -0.3 is 18.9 Å². The zero-order valence-electron chi connectivity index (χ0n) is 17.9. The normalized spacial score (nSPS) is 36.7. The fourth-order valence-electron chi connectivity index (χ4n) is 5.44. The van der Waals surface area contributed by atoms with Gasteiger partial charge in [-0.1, -0.05) is 74.5 Å². The average Bonchev–Trinajstić information content (AvgIpc) is 2.74. The van der Waals surface area contributed by atoms with Crippen LogP contribution in [0.3, 0.4) is 0 Å². The first-order valence-corrected chi connectivity index (χ1v) is 10.6. The van der Waals surface area contributed by atoms with Gasteiger partial charge in [0, 0.05) is 24.3 Å². The van der Waals surface area contributed by atoms with Crippen molar-refractivity contribution in [3.8, 4) is 0 Å². The van der Waals surface area contributed by atoms with Crippen LogP contribution in [0.5, 0.6) is 0 Å². The van der Waals surface area contributed by atoms with Gasteiger partial charge in [0.15, 0.2) is 0 Å². The lowest BCUT2D eigenvalue weighted by Gasteiger charge is -2.64. The molecule has 0 aliphatic carbocycles. The van der Waals surface area contributed by atoms with Gasteiger partial charge in [0.25, 0.3) is 0 Å². The van der Waals surface area contributed by atoms with Crippen molar-refractivity contribution in [1.82, 2.24) is 0 Å². The number of hydrogen-bond donors (Lipinski definition) is 0. The van der Waals surface area contributed by atoms with E-state index in [2.05, 4.69) is 38.1 Å². The van der Waals surface area contributed by atoms with E-state index in [1.807, 2.05) is 50.2 Å². The molecule has 2 fully saturated rings.